The van der Waals surface area contributed by atoms with E-state index in [0.717, 1.165) is 31.7 Å². The van der Waals surface area contributed by atoms with E-state index in [4.69, 9.17) is 9.57 Å². The predicted molar refractivity (Wildman–Crippen MR) is 130 cm³/mol. The number of hydrogen-bond acceptors (Lipinski definition) is 5. The first kappa shape index (κ1) is 27.8. The van der Waals surface area contributed by atoms with Crippen LogP contribution in [0.2, 0.25) is 0 Å². The Morgan fingerprint density at radius 2 is 1.72 bits per heavy atom. The van der Waals surface area contributed by atoms with E-state index in [1.165, 1.54) is 31.7 Å². The van der Waals surface area contributed by atoms with Crippen LogP contribution in [-0.4, -0.2) is 48.3 Å². The van der Waals surface area contributed by atoms with Gasteiger partial charge in [-0.3, -0.25) is 4.79 Å². The maximum Gasteiger partial charge on any atom is 0.249 e. The highest BCUT2D eigenvalue weighted by molar-refractivity contribution is 5.85. The Morgan fingerprint density at radius 3 is 2.38 bits per heavy atom. The molecular weight excluding hydrogens is 428 g/mol. The number of hydrogen-bond donors (Lipinski definition) is 2. The summed E-state index contributed by atoms with van der Waals surface area (Å²) in [6.45, 7) is 6.31. The number of ether oxygens (including phenoxy) is 1. The van der Waals surface area contributed by atoms with Crippen molar-refractivity contribution in [2.45, 2.75) is 52.1 Å². The van der Waals surface area contributed by atoms with E-state index < -0.39 is 6.10 Å². The normalized spacial score (nSPS) is 11.5. The van der Waals surface area contributed by atoms with E-state index in [9.17, 15) is 9.90 Å². The molecule has 0 aromatic heterocycles. The van der Waals surface area contributed by atoms with Gasteiger partial charge in [-0.05, 0) is 49.2 Å². The molecule has 6 nitrogen and oxygen atoms in total. The number of aliphatic hydroxyl groups excluding tert-OH is 1. The minimum Gasteiger partial charge on any atom is -0.491 e. The number of amides is 1. The molecule has 0 heterocycles. The van der Waals surface area contributed by atoms with Crippen molar-refractivity contribution in [3.8, 4) is 11.5 Å². The summed E-state index contributed by atoms with van der Waals surface area (Å²) in [6, 6.07) is 17.3. The summed E-state index contributed by atoms with van der Waals surface area (Å²) in [5, 5.41) is 10.5. The van der Waals surface area contributed by atoms with Gasteiger partial charge in [0.05, 0.1) is 0 Å². The van der Waals surface area contributed by atoms with Gasteiger partial charge >= 0.3 is 0 Å². The Bertz CT molecular complexity index is 743. The fourth-order valence-corrected chi connectivity index (χ4v) is 3.26. The summed E-state index contributed by atoms with van der Waals surface area (Å²) >= 11 is 0. The molecule has 0 aliphatic heterocycles. The zero-order valence-electron chi connectivity index (χ0n) is 19.2. The quantitative estimate of drug-likeness (QED) is 0.302. The van der Waals surface area contributed by atoms with Crippen molar-refractivity contribution in [1.82, 2.24) is 10.4 Å². The van der Waals surface area contributed by atoms with E-state index in [-0.39, 0.29) is 24.9 Å². The third-order valence-electron chi connectivity index (χ3n) is 4.94. The van der Waals surface area contributed by atoms with Gasteiger partial charge in [0.1, 0.15) is 18.5 Å². The second kappa shape index (κ2) is 16.4. The molecule has 0 bridgehead atoms. The van der Waals surface area contributed by atoms with Gasteiger partial charge in [0.2, 0.25) is 5.91 Å². The van der Waals surface area contributed by atoms with Gasteiger partial charge in [-0.15, -0.1) is 12.4 Å². The molecule has 0 saturated heterocycles. The lowest BCUT2D eigenvalue weighted by atomic mass is 10.1. The minimum atomic E-state index is -0.542. The van der Waals surface area contributed by atoms with E-state index in [2.05, 4.69) is 17.3 Å². The average Bonchev–Trinajstić information content (AvgIpc) is 2.78. The number of carbonyl (C=O) groups is 1. The average molecular weight is 465 g/mol. The standard InChI is InChI=1S/C25H36N2O4.ClH/c1-3-4-5-9-17-27(19-23(29)20-30-24-10-7-6-8-11-24)18-16-22-12-14-25(15-13-22)31-26-21(2)28;/h6-8,10-15,23,29H,3-5,9,16-20H2,1-2H3,(H,26,28);1H. The van der Waals surface area contributed by atoms with Crippen LogP contribution in [0.15, 0.2) is 54.6 Å². The number of benzene rings is 2. The molecule has 0 saturated carbocycles. The van der Waals surface area contributed by atoms with Crippen LogP contribution in [0.25, 0.3) is 0 Å². The molecule has 0 radical (unpaired) electrons. The van der Waals surface area contributed by atoms with Gasteiger partial charge in [-0.25, -0.2) is 0 Å². The third-order valence-corrected chi connectivity index (χ3v) is 4.94. The van der Waals surface area contributed by atoms with Crippen molar-refractivity contribution in [3.63, 3.8) is 0 Å². The number of hydroxylamine groups is 1. The van der Waals surface area contributed by atoms with E-state index >= 15 is 0 Å². The van der Waals surface area contributed by atoms with E-state index in [0.29, 0.717) is 12.3 Å². The monoisotopic (exact) mass is 464 g/mol. The molecule has 0 spiro atoms. The number of aliphatic hydroxyl groups is 1. The lowest BCUT2D eigenvalue weighted by molar-refractivity contribution is -0.125. The van der Waals surface area contributed by atoms with Crippen LogP contribution in [-0.2, 0) is 11.2 Å². The van der Waals surface area contributed by atoms with Crippen molar-refractivity contribution in [2.75, 3.05) is 26.2 Å². The van der Waals surface area contributed by atoms with Crippen LogP contribution in [0.5, 0.6) is 11.5 Å². The molecule has 2 N–H and O–H groups in total. The molecule has 32 heavy (non-hydrogen) atoms. The Kier molecular flexibility index (Phi) is 14.2. The molecule has 2 rings (SSSR count). The Balaban J connectivity index is 0.00000512. The van der Waals surface area contributed by atoms with Crippen LogP contribution < -0.4 is 15.1 Å². The summed E-state index contributed by atoms with van der Waals surface area (Å²) in [4.78, 5) is 18.4. The topological polar surface area (TPSA) is 71.0 Å². The Hall–Kier alpha value is -2.28. The second-order valence-electron chi connectivity index (χ2n) is 7.79. The number of nitrogens with one attached hydrogen (secondary N) is 1. The molecule has 2 aromatic carbocycles. The predicted octanol–water partition coefficient (Wildman–Crippen LogP) is 4.40. The molecular formula is C25H37ClN2O4. The zero-order valence-corrected chi connectivity index (χ0v) is 20.0. The van der Waals surface area contributed by atoms with Crippen LogP contribution in [0.4, 0.5) is 0 Å². The fraction of sp³-hybridized carbons (Fsp3) is 0.480. The SMILES string of the molecule is CCCCCCN(CCc1ccc(ONC(C)=O)cc1)CC(O)COc1ccccc1.Cl. The maximum atomic E-state index is 10.9. The van der Waals surface area contributed by atoms with Gasteiger partial charge in [0, 0.05) is 20.0 Å². The van der Waals surface area contributed by atoms with Crippen molar-refractivity contribution in [3.05, 3.63) is 60.2 Å². The largest absolute Gasteiger partial charge is 0.491 e. The van der Waals surface area contributed by atoms with E-state index in [1.54, 1.807) is 0 Å². The zero-order chi connectivity index (χ0) is 22.3. The summed E-state index contributed by atoms with van der Waals surface area (Å²) in [5.41, 5.74) is 3.51. The van der Waals surface area contributed by atoms with Crippen LogP contribution >= 0.6 is 12.4 Å². The first-order valence-corrected chi connectivity index (χ1v) is 11.2. The van der Waals surface area contributed by atoms with Crippen LogP contribution in [0, 0.1) is 0 Å². The van der Waals surface area contributed by atoms with Gasteiger partial charge in [0.15, 0.2) is 5.75 Å². The van der Waals surface area contributed by atoms with Gasteiger partial charge in [-0.1, -0.05) is 56.5 Å². The van der Waals surface area contributed by atoms with Crippen LogP contribution in [0.3, 0.4) is 0 Å². The number of nitrogens with zero attached hydrogens (tertiary/aromatic N) is 1. The fourth-order valence-electron chi connectivity index (χ4n) is 3.26. The number of carbonyl (C=O) groups excluding carboxylic acids is 1. The Morgan fingerprint density at radius 1 is 1.00 bits per heavy atom. The molecule has 0 fully saturated rings. The van der Waals surface area contributed by atoms with Crippen LogP contribution in [0.1, 0.15) is 45.1 Å². The van der Waals surface area contributed by atoms with Crippen molar-refractivity contribution in [2.24, 2.45) is 0 Å². The lowest BCUT2D eigenvalue weighted by Gasteiger charge is -2.25. The van der Waals surface area contributed by atoms with Crippen molar-refractivity contribution < 1.29 is 19.5 Å². The van der Waals surface area contributed by atoms with Gasteiger partial charge < -0.3 is 19.6 Å². The molecule has 1 atom stereocenters. The van der Waals surface area contributed by atoms with Crippen molar-refractivity contribution >= 4 is 18.3 Å². The lowest BCUT2D eigenvalue weighted by Crippen LogP contribution is -2.37. The molecule has 1 unspecified atom stereocenters. The minimum absolute atomic E-state index is 0. The molecule has 7 heteroatoms. The number of rotatable bonds is 15. The summed E-state index contributed by atoms with van der Waals surface area (Å²) in [6.07, 6.45) is 5.12. The maximum absolute atomic E-state index is 10.9. The molecule has 0 aliphatic rings. The molecule has 1 amide bonds. The van der Waals surface area contributed by atoms with E-state index in [1.807, 2.05) is 54.6 Å². The Labute approximate surface area is 198 Å². The molecule has 0 aliphatic carbocycles. The third kappa shape index (κ3) is 11.9. The van der Waals surface area contributed by atoms with Gasteiger partial charge in [-0.2, -0.15) is 5.48 Å². The summed E-state index contributed by atoms with van der Waals surface area (Å²) in [7, 11) is 0. The highest BCUT2D eigenvalue weighted by atomic mass is 35.5. The number of unbranched alkanes of at least 4 members (excludes halogenated alkanes) is 3. The highest BCUT2D eigenvalue weighted by Crippen LogP contribution is 2.13. The summed E-state index contributed by atoms with van der Waals surface area (Å²) < 4.78 is 5.71. The first-order valence-electron chi connectivity index (χ1n) is 11.2. The van der Waals surface area contributed by atoms with Gasteiger partial charge in [0.25, 0.3) is 0 Å². The summed E-state index contributed by atoms with van der Waals surface area (Å²) in [5.74, 6) is 1.14. The molecule has 2 aromatic rings. The second-order valence-corrected chi connectivity index (χ2v) is 7.79. The smallest absolute Gasteiger partial charge is 0.249 e. The first-order chi connectivity index (χ1) is 15.1. The molecule has 178 valence electrons. The number of halogens is 1. The van der Waals surface area contributed by atoms with Crippen molar-refractivity contribution in [1.29, 1.82) is 0 Å². The highest BCUT2D eigenvalue weighted by Gasteiger charge is 2.13. The number of para-hydroxylation sites is 1.